The minimum atomic E-state index is 0.763. The third kappa shape index (κ3) is 2.99. The van der Waals surface area contributed by atoms with Crippen LogP contribution in [0.2, 0.25) is 0 Å². The monoisotopic (exact) mass is 320 g/mol. The highest BCUT2D eigenvalue weighted by atomic mass is 14.7. The molecule has 0 aliphatic heterocycles. The molecule has 2 heteroatoms. The minimum Gasteiger partial charge on any atom is -0.354 e. The number of aromatic amines is 1. The van der Waals surface area contributed by atoms with E-state index in [9.17, 15) is 0 Å². The topological polar surface area (TPSA) is 41.8 Å². The second-order valence-corrected chi connectivity index (χ2v) is 6.97. The number of aryl methyl sites for hydroxylation is 5. The summed E-state index contributed by atoms with van der Waals surface area (Å²) in [5, 5.41) is 1.37. The van der Waals surface area contributed by atoms with Gasteiger partial charge in [-0.15, -0.1) is 0 Å². The molecule has 3 rings (SSSR count). The number of H-pyrrole nitrogens is 1. The smallest absolute Gasteiger partial charge is 0.0500 e. The molecule has 0 radical (unpaired) electrons. The van der Waals surface area contributed by atoms with Crippen LogP contribution < -0.4 is 5.73 Å². The van der Waals surface area contributed by atoms with Crippen molar-refractivity contribution >= 4 is 10.9 Å². The molecule has 2 nitrogen and oxygen atoms in total. The summed E-state index contributed by atoms with van der Waals surface area (Å²) in [6.45, 7) is 9.51. The molecule has 126 valence electrons. The van der Waals surface area contributed by atoms with E-state index in [0.29, 0.717) is 0 Å². The molecule has 0 spiro atoms. The third-order valence-corrected chi connectivity index (χ3v) is 5.14. The minimum absolute atomic E-state index is 0.763. The van der Waals surface area contributed by atoms with E-state index < -0.39 is 0 Å². The van der Waals surface area contributed by atoms with Gasteiger partial charge in [-0.2, -0.15) is 0 Å². The maximum atomic E-state index is 5.71. The van der Waals surface area contributed by atoms with Gasteiger partial charge in [0.1, 0.15) is 0 Å². The highest BCUT2D eigenvalue weighted by Gasteiger charge is 2.16. The fourth-order valence-corrected chi connectivity index (χ4v) is 3.59. The highest BCUT2D eigenvalue weighted by Crippen LogP contribution is 2.35. The standard InChI is InChI=1S/C22H28N2/c1-14-8-10-18(16(3)13-14)22-19(7-5-6-12-23)20-11-9-15(2)17(4)21(20)24-22/h8-11,13,24H,5-7,12,23H2,1-4H3. The molecular weight excluding hydrogens is 292 g/mol. The Kier molecular flexibility index (Phi) is 4.77. The molecule has 3 aromatic rings. The van der Waals surface area contributed by atoms with Crippen molar-refractivity contribution in [2.75, 3.05) is 6.54 Å². The first kappa shape index (κ1) is 16.8. The van der Waals surface area contributed by atoms with E-state index in [1.807, 2.05) is 0 Å². The highest BCUT2D eigenvalue weighted by molar-refractivity contribution is 5.93. The Morgan fingerprint density at radius 1 is 0.917 bits per heavy atom. The van der Waals surface area contributed by atoms with Crippen molar-refractivity contribution in [1.29, 1.82) is 0 Å². The van der Waals surface area contributed by atoms with E-state index in [0.717, 1.165) is 25.8 Å². The molecule has 0 fully saturated rings. The zero-order valence-electron chi connectivity index (χ0n) is 15.3. The van der Waals surface area contributed by atoms with Crippen molar-refractivity contribution in [2.45, 2.75) is 47.0 Å². The largest absolute Gasteiger partial charge is 0.354 e. The van der Waals surface area contributed by atoms with Gasteiger partial charge in [0.15, 0.2) is 0 Å². The van der Waals surface area contributed by atoms with Crippen molar-refractivity contribution < 1.29 is 0 Å². The van der Waals surface area contributed by atoms with Gasteiger partial charge in [-0.1, -0.05) is 35.9 Å². The summed E-state index contributed by atoms with van der Waals surface area (Å²) in [5.41, 5.74) is 16.4. The summed E-state index contributed by atoms with van der Waals surface area (Å²) in [5.74, 6) is 0. The van der Waals surface area contributed by atoms with Crippen molar-refractivity contribution in [3.05, 3.63) is 58.1 Å². The molecule has 0 aliphatic carbocycles. The maximum absolute atomic E-state index is 5.71. The van der Waals surface area contributed by atoms with Gasteiger partial charge in [-0.25, -0.2) is 0 Å². The van der Waals surface area contributed by atoms with Crippen LogP contribution in [0, 0.1) is 27.7 Å². The van der Waals surface area contributed by atoms with Crippen LogP contribution in [0.25, 0.3) is 22.2 Å². The number of nitrogens with one attached hydrogen (secondary N) is 1. The van der Waals surface area contributed by atoms with Gasteiger partial charge < -0.3 is 10.7 Å². The lowest BCUT2D eigenvalue weighted by atomic mass is 9.96. The van der Waals surface area contributed by atoms with Crippen LogP contribution in [0.4, 0.5) is 0 Å². The molecule has 0 unspecified atom stereocenters. The van der Waals surface area contributed by atoms with Crippen LogP contribution in [0.5, 0.6) is 0 Å². The van der Waals surface area contributed by atoms with Crippen molar-refractivity contribution in [2.24, 2.45) is 5.73 Å². The second-order valence-electron chi connectivity index (χ2n) is 6.97. The SMILES string of the molecule is Cc1ccc(-c2[nH]c3c(C)c(C)ccc3c2CCCCN)c(C)c1. The van der Waals surface area contributed by atoms with Crippen LogP contribution in [0.15, 0.2) is 30.3 Å². The average molecular weight is 320 g/mol. The van der Waals surface area contributed by atoms with Gasteiger partial charge in [0, 0.05) is 22.2 Å². The van der Waals surface area contributed by atoms with Gasteiger partial charge in [-0.05, 0) is 75.8 Å². The fraction of sp³-hybridized carbons (Fsp3) is 0.364. The fourth-order valence-electron chi connectivity index (χ4n) is 3.59. The predicted molar refractivity (Wildman–Crippen MR) is 105 cm³/mol. The molecule has 2 aromatic carbocycles. The van der Waals surface area contributed by atoms with E-state index in [1.165, 1.54) is 50.0 Å². The van der Waals surface area contributed by atoms with Gasteiger partial charge >= 0.3 is 0 Å². The molecule has 0 bridgehead atoms. The molecular formula is C22H28N2. The Labute approximate surface area is 145 Å². The first-order valence-corrected chi connectivity index (χ1v) is 8.91. The number of nitrogens with two attached hydrogens (primary N) is 1. The Morgan fingerprint density at radius 2 is 1.71 bits per heavy atom. The third-order valence-electron chi connectivity index (χ3n) is 5.14. The van der Waals surface area contributed by atoms with Gasteiger partial charge in [0.05, 0.1) is 0 Å². The Morgan fingerprint density at radius 3 is 2.42 bits per heavy atom. The predicted octanol–water partition coefficient (Wildman–Crippen LogP) is 5.35. The van der Waals surface area contributed by atoms with Crippen molar-refractivity contribution in [3.8, 4) is 11.3 Å². The lowest BCUT2D eigenvalue weighted by molar-refractivity contribution is 0.748. The number of hydrogen-bond acceptors (Lipinski definition) is 1. The number of aromatic nitrogens is 1. The van der Waals surface area contributed by atoms with E-state index in [2.05, 4.69) is 63.0 Å². The van der Waals surface area contributed by atoms with E-state index in [4.69, 9.17) is 5.73 Å². The van der Waals surface area contributed by atoms with Crippen LogP contribution >= 0.6 is 0 Å². The van der Waals surface area contributed by atoms with Crippen molar-refractivity contribution in [1.82, 2.24) is 4.98 Å². The van der Waals surface area contributed by atoms with Crippen LogP contribution in [-0.4, -0.2) is 11.5 Å². The molecule has 0 amide bonds. The summed E-state index contributed by atoms with van der Waals surface area (Å²) in [6, 6.07) is 11.2. The van der Waals surface area contributed by atoms with Gasteiger partial charge in [0.2, 0.25) is 0 Å². The first-order valence-electron chi connectivity index (χ1n) is 8.91. The molecule has 1 heterocycles. The van der Waals surface area contributed by atoms with Gasteiger partial charge in [-0.3, -0.25) is 0 Å². The molecule has 3 N–H and O–H groups in total. The molecule has 0 saturated heterocycles. The van der Waals surface area contributed by atoms with Crippen LogP contribution in [-0.2, 0) is 6.42 Å². The summed E-state index contributed by atoms with van der Waals surface area (Å²) in [7, 11) is 0. The first-order chi connectivity index (χ1) is 11.5. The zero-order valence-corrected chi connectivity index (χ0v) is 15.3. The number of rotatable bonds is 5. The van der Waals surface area contributed by atoms with E-state index in [1.54, 1.807) is 0 Å². The lowest BCUT2D eigenvalue weighted by Crippen LogP contribution is -1.99. The molecule has 1 aromatic heterocycles. The van der Waals surface area contributed by atoms with Crippen LogP contribution in [0.1, 0.15) is 40.7 Å². The van der Waals surface area contributed by atoms with Crippen LogP contribution in [0.3, 0.4) is 0 Å². The molecule has 0 atom stereocenters. The van der Waals surface area contributed by atoms with Crippen molar-refractivity contribution in [3.63, 3.8) is 0 Å². The second kappa shape index (κ2) is 6.82. The lowest BCUT2D eigenvalue weighted by Gasteiger charge is -2.09. The average Bonchev–Trinajstić information content (AvgIpc) is 2.91. The Bertz CT molecular complexity index is 871. The van der Waals surface area contributed by atoms with Gasteiger partial charge in [0.25, 0.3) is 0 Å². The number of fused-ring (bicyclic) bond motifs is 1. The van der Waals surface area contributed by atoms with E-state index in [-0.39, 0.29) is 0 Å². The summed E-state index contributed by atoms with van der Waals surface area (Å²) in [6.07, 6.45) is 3.28. The Hall–Kier alpha value is -2.06. The molecule has 0 aliphatic rings. The number of unbranched alkanes of at least 4 members (excludes halogenated alkanes) is 1. The Balaban J connectivity index is 2.21. The normalized spacial score (nSPS) is 11.4. The number of benzene rings is 2. The number of hydrogen-bond donors (Lipinski definition) is 2. The van der Waals surface area contributed by atoms with E-state index >= 15 is 0 Å². The summed E-state index contributed by atoms with van der Waals surface area (Å²) < 4.78 is 0. The molecule has 24 heavy (non-hydrogen) atoms. The summed E-state index contributed by atoms with van der Waals surface area (Å²) >= 11 is 0. The quantitative estimate of drug-likeness (QED) is 0.611. The molecule has 0 saturated carbocycles. The summed E-state index contributed by atoms with van der Waals surface area (Å²) in [4.78, 5) is 3.75. The maximum Gasteiger partial charge on any atom is 0.0500 e. The zero-order chi connectivity index (χ0) is 17.3.